The lowest BCUT2D eigenvalue weighted by molar-refractivity contribution is -0.407. The fourth-order valence-electron chi connectivity index (χ4n) is 3.32. The van der Waals surface area contributed by atoms with E-state index in [0.717, 1.165) is 12.2 Å². The summed E-state index contributed by atoms with van der Waals surface area (Å²) < 4.78 is 24.4. The lowest BCUT2D eigenvalue weighted by Gasteiger charge is -2.07. The van der Waals surface area contributed by atoms with Crippen LogP contribution in [0.3, 0.4) is 0 Å². The molecule has 0 bridgehead atoms. The summed E-state index contributed by atoms with van der Waals surface area (Å²) >= 11 is 0. The van der Waals surface area contributed by atoms with E-state index in [4.69, 9.17) is 24.1 Å². The van der Waals surface area contributed by atoms with E-state index in [1.54, 1.807) is 28.1 Å². The molecule has 0 unspecified atom stereocenters. The molecule has 0 radical (unpaired) electrons. The normalized spacial score (nSPS) is 12.3. The summed E-state index contributed by atoms with van der Waals surface area (Å²) in [5.41, 5.74) is 3.85. The molecule has 47 heavy (non-hydrogen) atoms. The number of esters is 2. The minimum atomic E-state index is -1.18. The number of quaternary nitrogens is 1. The average Bonchev–Trinajstić information content (AvgIpc) is 3.29. The molecule has 0 fully saturated rings. The van der Waals surface area contributed by atoms with E-state index in [1.165, 1.54) is 0 Å². The molecule has 0 aromatic rings. The van der Waals surface area contributed by atoms with E-state index in [1.807, 2.05) is 0 Å². The molecule has 0 aliphatic carbocycles. The SMILES string of the molecule is C.CC(C)[NH3+].COCCOCCCC(=O)CC/C(=C/C(=O)NC(C)C)C(=O)O.COCCOCCCC(=O)CCC1=CC(=O)OC1=O. The summed E-state index contributed by atoms with van der Waals surface area (Å²) in [4.78, 5) is 67.8. The van der Waals surface area contributed by atoms with Crippen molar-refractivity contribution >= 4 is 35.4 Å². The number of ether oxygens (including phenoxy) is 5. The van der Waals surface area contributed by atoms with Crippen molar-refractivity contribution in [3.8, 4) is 0 Å². The standard InChI is InChI=1S/C16H27NO6.C13H18O6.C3H9N.CH4/c1-12(2)17-15(19)11-13(16(20)21)6-7-14(18)5-4-8-23-10-9-22-3;1-17-7-8-18-6-2-3-11(14)5-4-10-9-12(15)19-13(10)16;1-3(2)4;/h11-12H,4-10H2,1-3H3,(H,17,19)(H,20,21);9H,2-8H2,1H3;3H,4H2,1-2H3;1H4/p+1/b13-11-;;;. The number of carboxylic acid groups (broad SMARTS) is 1. The Morgan fingerprint density at radius 2 is 1.32 bits per heavy atom. The van der Waals surface area contributed by atoms with Crippen molar-refractivity contribution in [2.45, 2.75) is 98.6 Å². The molecule has 272 valence electrons. The van der Waals surface area contributed by atoms with Gasteiger partial charge in [-0.25, -0.2) is 14.4 Å². The van der Waals surface area contributed by atoms with Gasteiger partial charge >= 0.3 is 17.9 Å². The molecule has 1 amide bonds. The van der Waals surface area contributed by atoms with E-state index < -0.39 is 23.8 Å². The number of carboxylic acids is 1. The van der Waals surface area contributed by atoms with Crippen LogP contribution in [0.15, 0.2) is 23.3 Å². The predicted octanol–water partition coefficient (Wildman–Crippen LogP) is 2.38. The molecule has 1 aliphatic heterocycles. The fourth-order valence-corrected chi connectivity index (χ4v) is 3.32. The second-order valence-electron chi connectivity index (χ2n) is 10.9. The fraction of sp³-hybridized carbons (Fsp3) is 0.697. The van der Waals surface area contributed by atoms with Gasteiger partial charge in [-0.05, 0) is 53.4 Å². The van der Waals surface area contributed by atoms with Crippen LogP contribution in [0.5, 0.6) is 0 Å². The number of ketones is 2. The van der Waals surface area contributed by atoms with Gasteiger partial charge in [0.05, 0.1) is 32.5 Å². The van der Waals surface area contributed by atoms with Crippen LogP contribution in [0.4, 0.5) is 0 Å². The highest BCUT2D eigenvalue weighted by atomic mass is 16.6. The summed E-state index contributed by atoms with van der Waals surface area (Å²) in [5, 5.41) is 11.7. The number of carbonyl (C=O) groups is 6. The zero-order valence-electron chi connectivity index (χ0n) is 28.4. The number of methoxy groups -OCH3 is 2. The first-order chi connectivity index (χ1) is 21.7. The van der Waals surface area contributed by atoms with E-state index in [-0.39, 0.29) is 61.9 Å². The molecule has 14 heteroatoms. The molecule has 0 saturated carbocycles. The van der Waals surface area contributed by atoms with E-state index in [2.05, 4.69) is 29.6 Å². The molecule has 14 nitrogen and oxygen atoms in total. The molecule has 0 spiro atoms. The van der Waals surface area contributed by atoms with Gasteiger partial charge in [-0.15, -0.1) is 0 Å². The van der Waals surface area contributed by atoms with Crippen LogP contribution < -0.4 is 11.1 Å². The van der Waals surface area contributed by atoms with Crippen molar-refractivity contribution in [1.82, 2.24) is 5.32 Å². The highest BCUT2D eigenvalue weighted by Crippen LogP contribution is 2.15. The molecule has 0 atom stereocenters. The second-order valence-corrected chi connectivity index (χ2v) is 10.9. The third kappa shape index (κ3) is 32.4. The minimum absolute atomic E-state index is 0. The first-order valence-electron chi connectivity index (χ1n) is 15.4. The molecular formula is C33H59N2O12+. The van der Waals surface area contributed by atoms with Crippen molar-refractivity contribution in [2.24, 2.45) is 0 Å². The molecular weight excluding hydrogens is 616 g/mol. The number of aliphatic carboxylic acids is 1. The van der Waals surface area contributed by atoms with Gasteiger partial charge in [-0.1, -0.05) is 7.43 Å². The van der Waals surface area contributed by atoms with Crippen molar-refractivity contribution in [2.75, 3.05) is 53.9 Å². The van der Waals surface area contributed by atoms with Crippen LogP contribution in [0.1, 0.15) is 86.5 Å². The van der Waals surface area contributed by atoms with E-state index in [9.17, 15) is 28.8 Å². The predicted molar refractivity (Wildman–Crippen MR) is 175 cm³/mol. The second kappa shape index (κ2) is 31.3. The Balaban J connectivity index is -0.000000733. The average molecular weight is 676 g/mol. The number of hydrogen-bond donors (Lipinski definition) is 3. The van der Waals surface area contributed by atoms with Crippen molar-refractivity contribution in [3.63, 3.8) is 0 Å². The number of cyclic esters (lactones) is 2. The molecule has 0 saturated heterocycles. The summed E-state index contributed by atoms with van der Waals surface area (Å²) in [6, 6.07) is 0.508. The quantitative estimate of drug-likeness (QED) is 0.0617. The topological polar surface area (TPSA) is 208 Å². The highest BCUT2D eigenvalue weighted by molar-refractivity contribution is 6.09. The first-order valence-corrected chi connectivity index (χ1v) is 15.4. The Labute approximate surface area is 279 Å². The molecule has 0 aromatic heterocycles. The minimum Gasteiger partial charge on any atom is -0.478 e. The lowest BCUT2D eigenvalue weighted by Crippen LogP contribution is -2.57. The van der Waals surface area contributed by atoms with Crippen molar-refractivity contribution < 1.29 is 63.3 Å². The zero-order valence-corrected chi connectivity index (χ0v) is 28.4. The highest BCUT2D eigenvalue weighted by Gasteiger charge is 2.23. The number of amides is 1. The Morgan fingerprint density at radius 3 is 1.72 bits per heavy atom. The van der Waals surface area contributed by atoms with Crippen LogP contribution in [0.25, 0.3) is 0 Å². The van der Waals surface area contributed by atoms with Gasteiger partial charge in [0.15, 0.2) is 0 Å². The summed E-state index contributed by atoms with van der Waals surface area (Å²) in [6.07, 6.45) is 4.80. The third-order valence-electron chi connectivity index (χ3n) is 5.46. The van der Waals surface area contributed by atoms with Crippen LogP contribution in [0.2, 0.25) is 0 Å². The van der Waals surface area contributed by atoms with Gasteiger partial charge in [-0.2, -0.15) is 0 Å². The summed E-state index contributed by atoms with van der Waals surface area (Å²) in [5.74, 6) is -2.93. The Kier molecular flexibility index (Phi) is 32.0. The Hall–Kier alpha value is -3.30. The van der Waals surface area contributed by atoms with E-state index in [0.29, 0.717) is 71.4 Å². The molecule has 1 aliphatic rings. The maximum Gasteiger partial charge on any atom is 0.342 e. The summed E-state index contributed by atoms with van der Waals surface area (Å²) in [6.45, 7) is 10.7. The first kappa shape index (κ1) is 48.1. The smallest absolute Gasteiger partial charge is 0.342 e. The number of Topliss-reactive ketones (excluding diaryl/α,β-unsaturated/α-hetero) is 2. The molecule has 0 aromatic carbocycles. The van der Waals surface area contributed by atoms with Gasteiger partial charge in [0.1, 0.15) is 11.6 Å². The van der Waals surface area contributed by atoms with Gasteiger partial charge in [0.25, 0.3) is 0 Å². The van der Waals surface area contributed by atoms with E-state index >= 15 is 0 Å². The van der Waals surface area contributed by atoms with Gasteiger partial charge < -0.3 is 39.8 Å². The van der Waals surface area contributed by atoms with Crippen LogP contribution in [0, 0.1) is 0 Å². The van der Waals surface area contributed by atoms with Crippen molar-refractivity contribution in [3.05, 3.63) is 23.3 Å². The number of rotatable bonds is 23. The largest absolute Gasteiger partial charge is 0.478 e. The monoisotopic (exact) mass is 675 g/mol. The Morgan fingerprint density at radius 1 is 0.830 bits per heavy atom. The third-order valence-corrected chi connectivity index (χ3v) is 5.46. The van der Waals surface area contributed by atoms with Gasteiger partial charge in [0, 0.05) is 82.5 Å². The molecule has 1 heterocycles. The zero-order chi connectivity index (χ0) is 35.3. The van der Waals surface area contributed by atoms with Crippen LogP contribution >= 0.6 is 0 Å². The van der Waals surface area contributed by atoms with Gasteiger partial charge in [-0.3, -0.25) is 14.4 Å². The number of hydrogen-bond acceptors (Lipinski definition) is 11. The van der Waals surface area contributed by atoms with Gasteiger partial charge in [0.2, 0.25) is 5.91 Å². The van der Waals surface area contributed by atoms with Crippen molar-refractivity contribution in [1.29, 1.82) is 0 Å². The van der Waals surface area contributed by atoms with Crippen LogP contribution in [-0.4, -0.2) is 106 Å². The summed E-state index contributed by atoms with van der Waals surface area (Å²) in [7, 11) is 3.18. The lowest BCUT2D eigenvalue weighted by atomic mass is 10.0. The molecule has 5 N–H and O–H groups in total. The molecule has 1 rings (SSSR count). The maximum atomic E-state index is 11.7. The number of carbonyl (C=O) groups excluding carboxylic acids is 5. The van der Waals surface area contributed by atoms with Crippen LogP contribution in [-0.2, 0) is 52.5 Å². The number of nitrogens with one attached hydrogen (secondary N) is 1. The Bertz CT molecular complexity index is 987. The maximum absolute atomic E-state index is 11.7.